The molecule has 5 heteroatoms. The molecule has 18 heavy (non-hydrogen) atoms. The first kappa shape index (κ1) is 11.3. The third kappa shape index (κ3) is 1.80. The Labute approximate surface area is 106 Å². The lowest BCUT2D eigenvalue weighted by Gasteiger charge is -2.17. The molecule has 2 aromatic rings. The first-order valence-corrected chi connectivity index (χ1v) is 6.28. The summed E-state index contributed by atoms with van der Waals surface area (Å²) in [6.07, 6.45) is 0.989. The summed E-state index contributed by atoms with van der Waals surface area (Å²) in [6.45, 7) is 3.34. The molecule has 0 fully saturated rings. The van der Waals surface area contributed by atoms with Crippen LogP contribution in [0.25, 0.3) is 11.0 Å². The molecule has 0 aliphatic carbocycles. The highest BCUT2D eigenvalue weighted by atomic mass is 16.6. The molecule has 0 amide bonds. The predicted molar refractivity (Wildman–Crippen MR) is 69.2 cm³/mol. The first-order valence-electron chi connectivity index (χ1n) is 6.28. The molecule has 2 N–H and O–H groups in total. The SMILES string of the molecule is CCC(NC)c1nc2cc3c(cc2[nH]1)OCCO3. The van der Waals surface area contributed by atoms with Crippen LogP contribution in [0.3, 0.4) is 0 Å². The van der Waals surface area contributed by atoms with Gasteiger partial charge in [0.15, 0.2) is 11.5 Å². The Hall–Kier alpha value is -1.75. The fourth-order valence-corrected chi connectivity index (χ4v) is 2.27. The molecular formula is C13H17N3O2. The fraction of sp³-hybridized carbons (Fsp3) is 0.462. The Kier molecular flexibility index (Phi) is 2.83. The minimum absolute atomic E-state index is 0.247. The van der Waals surface area contributed by atoms with Crippen LogP contribution in [-0.4, -0.2) is 30.2 Å². The first-order chi connectivity index (χ1) is 8.81. The molecule has 1 aromatic carbocycles. The quantitative estimate of drug-likeness (QED) is 0.871. The number of imidazole rings is 1. The lowest BCUT2D eigenvalue weighted by Crippen LogP contribution is -2.16. The second kappa shape index (κ2) is 4.49. The van der Waals surface area contributed by atoms with Crippen LogP contribution in [0.2, 0.25) is 0 Å². The smallest absolute Gasteiger partial charge is 0.163 e. The number of ether oxygens (including phenoxy) is 2. The van der Waals surface area contributed by atoms with E-state index in [1.165, 1.54) is 0 Å². The Balaban J connectivity index is 2.06. The van der Waals surface area contributed by atoms with Gasteiger partial charge in [-0.05, 0) is 13.5 Å². The van der Waals surface area contributed by atoms with Crippen molar-refractivity contribution in [1.29, 1.82) is 0 Å². The Morgan fingerprint density at radius 2 is 2.06 bits per heavy atom. The molecule has 2 heterocycles. The molecule has 3 rings (SSSR count). The summed E-state index contributed by atoms with van der Waals surface area (Å²) in [7, 11) is 1.94. The van der Waals surface area contributed by atoms with Crippen LogP contribution >= 0.6 is 0 Å². The maximum absolute atomic E-state index is 5.57. The van der Waals surface area contributed by atoms with E-state index in [9.17, 15) is 0 Å². The minimum Gasteiger partial charge on any atom is -0.486 e. The Morgan fingerprint density at radius 1 is 1.33 bits per heavy atom. The molecule has 1 unspecified atom stereocenters. The summed E-state index contributed by atoms with van der Waals surface area (Å²) in [6, 6.07) is 4.14. The molecule has 96 valence electrons. The maximum Gasteiger partial charge on any atom is 0.163 e. The van der Waals surface area contributed by atoms with Crippen LogP contribution in [0.15, 0.2) is 12.1 Å². The number of rotatable bonds is 3. The van der Waals surface area contributed by atoms with Crippen molar-refractivity contribution in [3.05, 3.63) is 18.0 Å². The zero-order valence-corrected chi connectivity index (χ0v) is 10.6. The monoisotopic (exact) mass is 247 g/mol. The highest BCUT2D eigenvalue weighted by Crippen LogP contribution is 2.34. The zero-order valence-electron chi connectivity index (χ0n) is 10.6. The predicted octanol–water partition coefficient (Wildman–Crippen LogP) is 2.00. The van der Waals surface area contributed by atoms with Gasteiger partial charge in [0.1, 0.15) is 19.0 Å². The summed E-state index contributed by atoms with van der Waals surface area (Å²) < 4.78 is 11.1. The number of H-pyrrole nitrogens is 1. The summed E-state index contributed by atoms with van der Waals surface area (Å²) in [5, 5.41) is 3.24. The van der Waals surface area contributed by atoms with Crippen molar-refractivity contribution in [3.63, 3.8) is 0 Å². The van der Waals surface area contributed by atoms with Crippen LogP contribution in [-0.2, 0) is 0 Å². The topological polar surface area (TPSA) is 59.2 Å². The van der Waals surface area contributed by atoms with E-state index in [0.717, 1.165) is 34.8 Å². The van der Waals surface area contributed by atoms with Gasteiger partial charge in [0.2, 0.25) is 0 Å². The zero-order chi connectivity index (χ0) is 12.5. The molecule has 0 bridgehead atoms. The molecule has 1 atom stereocenters. The molecule has 0 saturated heterocycles. The molecule has 0 spiro atoms. The summed E-state index contributed by atoms with van der Waals surface area (Å²) in [5.41, 5.74) is 1.91. The lowest BCUT2D eigenvalue weighted by molar-refractivity contribution is 0.172. The van der Waals surface area contributed by atoms with Crippen LogP contribution in [0, 0.1) is 0 Å². The van der Waals surface area contributed by atoms with Crippen molar-refractivity contribution in [2.75, 3.05) is 20.3 Å². The van der Waals surface area contributed by atoms with E-state index in [1.54, 1.807) is 0 Å². The average Bonchev–Trinajstić information content (AvgIpc) is 2.79. The number of aromatic amines is 1. The van der Waals surface area contributed by atoms with E-state index in [4.69, 9.17) is 9.47 Å². The maximum atomic E-state index is 5.57. The van der Waals surface area contributed by atoms with Gasteiger partial charge in [0, 0.05) is 12.1 Å². The number of benzene rings is 1. The fourth-order valence-electron chi connectivity index (χ4n) is 2.27. The highest BCUT2D eigenvalue weighted by Gasteiger charge is 2.17. The molecule has 1 aromatic heterocycles. The van der Waals surface area contributed by atoms with Crippen molar-refractivity contribution in [2.45, 2.75) is 19.4 Å². The van der Waals surface area contributed by atoms with Gasteiger partial charge in [-0.2, -0.15) is 0 Å². The molecule has 5 nitrogen and oxygen atoms in total. The highest BCUT2D eigenvalue weighted by molar-refractivity contribution is 5.80. The third-order valence-corrected chi connectivity index (χ3v) is 3.25. The van der Waals surface area contributed by atoms with Crippen molar-refractivity contribution < 1.29 is 9.47 Å². The van der Waals surface area contributed by atoms with Crippen molar-refractivity contribution >= 4 is 11.0 Å². The van der Waals surface area contributed by atoms with Crippen molar-refractivity contribution in [1.82, 2.24) is 15.3 Å². The normalized spacial score (nSPS) is 15.9. The van der Waals surface area contributed by atoms with Gasteiger partial charge in [-0.1, -0.05) is 6.92 Å². The van der Waals surface area contributed by atoms with Crippen LogP contribution < -0.4 is 14.8 Å². The molecule has 0 radical (unpaired) electrons. The van der Waals surface area contributed by atoms with Crippen LogP contribution in [0.5, 0.6) is 11.5 Å². The van der Waals surface area contributed by atoms with E-state index in [2.05, 4.69) is 22.2 Å². The van der Waals surface area contributed by atoms with Gasteiger partial charge in [0.25, 0.3) is 0 Å². The van der Waals surface area contributed by atoms with Gasteiger partial charge < -0.3 is 19.8 Å². The summed E-state index contributed by atoms with van der Waals surface area (Å²) >= 11 is 0. The number of nitrogens with one attached hydrogen (secondary N) is 2. The summed E-state index contributed by atoms with van der Waals surface area (Å²) in [5.74, 6) is 2.53. The van der Waals surface area contributed by atoms with Gasteiger partial charge in [0.05, 0.1) is 17.1 Å². The Morgan fingerprint density at radius 3 is 2.72 bits per heavy atom. The van der Waals surface area contributed by atoms with E-state index in [-0.39, 0.29) is 6.04 Å². The number of nitrogens with zero attached hydrogens (tertiary/aromatic N) is 1. The van der Waals surface area contributed by atoms with Crippen LogP contribution in [0.4, 0.5) is 0 Å². The standard InChI is InChI=1S/C13H17N3O2/c1-3-8(14-2)13-15-9-6-11-12(7-10(9)16-13)18-5-4-17-11/h6-8,14H,3-5H2,1-2H3,(H,15,16). The number of fused-ring (bicyclic) bond motifs is 2. The molecular weight excluding hydrogens is 230 g/mol. The van der Waals surface area contributed by atoms with Gasteiger partial charge in [-0.3, -0.25) is 0 Å². The third-order valence-electron chi connectivity index (χ3n) is 3.25. The minimum atomic E-state index is 0.247. The lowest BCUT2D eigenvalue weighted by atomic mass is 10.2. The number of aromatic nitrogens is 2. The number of hydrogen-bond acceptors (Lipinski definition) is 4. The Bertz CT molecular complexity index is 518. The van der Waals surface area contributed by atoms with E-state index in [0.29, 0.717) is 13.2 Å². The molecule has 0 saturated carbocycles. The van der Waals surface area contributed by atoms with E-state index in [1.807, 2.05) is 19.2 Å². The molecule has 1 aliphatic rings. The average molecular weight is 247 g/mol. The van der Waals surface area contributed by atoms with Crippen molar-refractivity contribution in [2.24, 2.45) is 0 Å². The van der Waals surface area contributed by atoms with Gasteiger partial charge in [-0.15, -0.1) is 0 Å². The van der Waals surface area contributed by atoms with Gasteiger partial charge >= 0.3 is 0 Å². The second-order valence-electron chi connectivity index (χ2n) is 4.38. The van der Waals surface area contributed by atoms with Crippen LogP contribution in [0.1, 0.15) is 25.2 Å². The van der Waals surface area contributed by atoms with Crippen molar-refractivity contribution in [3.8, 4) is 11.5 Å². The molecule has 1 aliphatic heterocycles. The van der Waals surface area contributed by atoms with E-state index >= 15 is 0 Å². The second-order valence-corrected chi connectivity index (χ2v) is 4.38. The number of hydrogen-bond donors (Lipinski definition) is 2. The van der Waals surface area contributed by atoms with Gasteiger partial charge in [-0.25, -0.2) is 4.98 Å². The van der Waals surface area contributed by atoms with E-state index < -0.39 is 0 Å². The largest absolute Gasteiger partial charge is 0.486 e. The summed E-state index contributed by atoms with van der Waals surface area (Å²) in [4.78, 5) is 7.95.